The number of carbonyl (C=O) groups is 1. The summed E-state index contributed by atoms with van der Waals surface area (Å²) in [4.78, 5) is 34.1. The van der Waals surface area contributed by atoms with Crippen molar-refractivity contribution in [1.82, 2.24) is 19.6 Å². The number of rotatable bonds is 4. The Morgan fingerprint density at radius 2 is 1.87 bits per heavy atom. The number of aromatic nitrogens is 4. The number of nitrogens with zero attached hydrogens (tertiary/aromatic N) is 3. The standard InChI is InChI=1S/C22H16N4O5/c1-11-15(12-7-4-3-5-8-12)19-23-18(22(28)29)16(21(27)26(19)25-11)20-24-17-13(30-2)9-6-10-14(17)31-20/h3-10,25H,1-2H3,(H,28,29). The van der Waals surface area contributed by atoms with Gasteiger partial charge in [0.2, 0.25) is 5.89 Å². The maximum Gasteiger partial charge on any atom is 0.355 e. The third-order valence-electron chi connectivity index (χ3n) is 5.04. The van der Waals surface area contributed by atoms with Crippen LogP contribution < -0.4 is 10.3 Å². The Morgan fingerprint density at radius 1 is 1.10 bits per heavy atom. The van der Waals surface area contributed by atoms with E-state index in [4.69, 9.17) is 9.15 Å². The first-order valence-corrected chi connectivity index (χ1v) is 9.37. The predicted octanol–water partition coefficient (Wildman–Crippen LogP) is 3.51. The van der Waals surface area contributed by atoms with Crippen LogP contribution >= 0.6 is 0 Å². The summed E-state index contributed by atoms with van der Waals surface area (Å²) < 4.78 is 12.2. The minimum Gasteiger partial charge on any atom is -0.494 e. The van der Waals surface area contributed by atoms with E-state index < -0.39 is 17.2 Å². The topological polar surface area (TPSA) is 123 Å². The van der Waals surface area contributed by atoms with E-state index in [0.29, 0.717) is 28.1 Å². The Bertz CT molecular complexity index is 1530. The highest BCUT2D eigenvalue weighted by Crippen LogP contribution is 2.31. The maximum absolute atomic E-state index is 13.4. The first-order valence-electron chi connectivity index (χ1n) is 9.37. The SMILES string of the molecule is COc1cccc2oc(-c3c(C(=O)O)nc4c(-c5ccccc5)c(C)[nH]n4c3=O)nc12. The smallest absolute Gasteiger partial charge is 0.355 e. The number of methoxy groups -OCH3 is 1. The van der Waals surface area contributed by atoms with E-state index in [-0.39, 0.29) is 17.1 Å². The molecule has 5 rings (SSSR count). The molecular weight excluding hydrogens is 400 g/mol. The number of aryl methyl sites for hydroxylation is 1. The molecule has 5 aromatic rings. The number of H-pyrrole nitrogens is 1. The van der Waals surface area contributed by atoms with Gasteiger partial charge >= 0.3 is 5.97 Å². The molecule has 0 aliphatic rings. The summed E-state index contributed by atoms with van der Waals surface area (Å²) in [6, 6.07) is 14.4. The molecular formula is C22H16N4O5. The monoisotopic (exact) mass is 416 g/mol. The number of carboxylic acid groups (broad SMARTS) is 1. The van der Waals surface area contributed by atoms with Crippen LogP contribution in [0.15, 0.2) is 57.7 Å². The molecule has 0 amide bonds. The Balaban J connectivity index is 1.84. The average molecular weight is 416 g/mol. The molecule has 2 aromatic carbocycles. The van der Waals surface area contributed by atoms with Crippen LogP contribution in [0.1, 0.15) is 16.2 Å². The quantitative estimate of drug-likeness (QED) is 0.459. The molecule has 31 heavy (non-hydrogen) atoms. The molecule has 0 fully saturated rings. The molecule has 0 spiro atoms. The van der Waals surface area contributed by atoms with Crippen molar-refractivity contribution in [2.75, 3.05) is 7.11 Å². The zero-order valence-corrected chi connectivity index (χ0v) is 16.5. The number of aromatic amines is 1. The van der Waals surface area contributed by atoms with Gasteiger partial charge in [-0.2, -0.15) is 0 Å². The molecule has 9 heteroatoms. The maximum atomic E-state index is 13.4. The lowest BCUT2D eigenvalue weighted by atomic mass is 10.1. The number of fused-ring (bicyclic) bond motifs is 2. The van der Waals surface area contributed by atoms with E-state index in [1.807, 2.05) is 30.3 Å². The molecule has 0 saturated carbocycles. The number of para-hydroxylation sites is 1. The van der Waals surface area contributed by atoms with Crippen molar-refractivity contribution in [3.8, 4) is 28.3 Å². The van der Waals surface area contributed by atoms with Crippen molar-refractivity contribution < 1.29 is 19.1 Å². The van der Waals surface area contributed by atoms with Crippen molar-refractivity contribution in [1.29, 1.82) is 0 Å². The lowest BCUT2D eigenvalue weighted by Gasteiger charge is -2.04. The minimum atomic E-state index is -1.36. The summed E-state index contributed by atoms with van der Waals surface area (Å²) >= 11 is 0. The molecule has 3 heterocycles. The van der Waals surface area contributed by atoms with Crippen LogP contribution in [0.3, 0.4) is 0 Å². The van der Waals surface area contributed by atoms with Crippen LogP contribution in [0.4, 0.5) is 0 Å². The summed E-state index contributed by atoms with van der Waals surface area (Å²) in [6.07, 6.45) is 0. The summed E-state index contributed by atoms with van der Waals surface area (Å²) in [5.74, 6) is -1.06. The van der Waals surface area contributed by atoms with Gasteiger partial charge in [0.1, 0.15) is 11.3 Å². The third kappa shape index (κ3) is 2.78. The second-order valence-electron chi connectivity index (χ2n) is 6.91. The van der Waals surface area contributed by atoms with Gasteiger partial charge in [0, 0.05) is 11.3 Å². The van der Waals surface area contributed by atoms with Crippen molar-refractivity contribution in [3.05, 3.63) is 70.3 Å². The first kappa shape index (κ1) is 18.6. The van der Waals surface area contributed by atoms with Crippen molar-refractivity contribution in [2.24, 2.45) is 0 Å². The van der Waals surface area contributed by atoms with Gasteiger partial charge in [-0.25, -0.2) is 19.3 Å². The Hall–Kier alpha value is -4.40. The van der Waals surface area contributed by atoms with Crippen LogP contribution in [-0.4, -0.2) is 37.8 Å². The van der Waals surface area contributed by atoms with E-state index in [2.05, 4.69) is 15.1 Å². The number of aromatic carboxylic acids is 1. The van der Waals surface area contributed by atoms with Crippen LogP contribution in [0.5, 0.6) is 5.75 Å². The fourth-order valence-electron chi connectivity index (χ4n) is 3.68. The molecule has 0 bridgehead atoms. The van der Waals surface area contributed by atoms with Gasteiger partial charge in [-0.1, -0.05) is 36.4 Å². The molecule has 2 N–H and O–H groups in total. The molecule has 0 aliphatic carbocycles. The minimum absolute atomic E-state index is 0.141. The summed E-state index contributed by atoms with van der Waals surface area (Å²) in [6.45, 7) is 1.79. The summed E-state index contributed by atoms with van der Waals surface area (Å²) in [5, 5.41) is 12.8. The highest BCUT2D eigenvalue weighted by atomic mass is 16.5. The van der Waals surface area contributed by atoms with Gasteiger partial charge in [-0.15, -0.1) is 0 Å². The van der Waals surface area contributed by atoms with E-state index in [1.54, 1.807) is 25.1 Å². The molecule has 0 unspecified atom stereocenters. The Kier molecular flexibility index (Phi) is 4.11. The van der Waals surface area contributed by atoms with E-state index in [9.17, 15) is 14.7 Å². The molecule has 0 atom stereocenters. The number of hydrogen-bond acceptors (Lipinski definition) is 6. The number of ether oxygens (including phenoxy) is 1. The molecule has 154 valence electrons. The average Bonchev–Trinajstić information content (AvgIpc) is 3.34. The highest BCUT2D eigenvalue weighted by molar-refractivity contribution is 5.95. The van der Waals surface area contributed by atoms with E-state index in [0.717, 1.165) is 5.56 Å². The lowest BCUT2D eigenvalue weighted by Crippen LogP contribution is -2.22. The van der Waals surface area contributed by atoms with Gasteiger partial charge in [0.15, 0.2) is 22.4 Å². The molecule has 9 nitrogen and oxygen atoms in total. The molecule has 0 radical (unpaired) electrons. The van der Waals surface area contributed by atoms with E-state index in [1.165, 1.54) is 11.6 Å². The predicted molar refractivity (Wildman–Crippen MR) is 113 cm³/mol. The van der Waals surface area contributed by atoms with E-state index >= 15 is 0 Å². The molecule has 3 aromatic heterocycles. The Labute approximate surface area is 174 Å². The fourth-order valence-corrected chi connectivity index (χ4v) is 3.68. The lowest BCUT2D eigenvalue weighted by molar-refractivity contribution is 0.0691. The second kappa shape index (κ2) is 6.84. The molecule has 0 aliphatic heterocycles. The van der Waals surface area contributed by atoms with Crippen molar-refractivity contribution in [2.45, 2.75) is 6.92 Å². The number of benzene rings is 2. The number of hydrogen-bond donors (Lipinski definition) is 2. The van der Waals surface area contributed by atoms with Gasteiger partial charge in [-0.05, 0) is 24.6 Å². The molecule has 0 saturated heterocycles. The number of carboxylic acids is 1. The zero-order valence-electron chi connectivity index (χ0n) is 16.5. The van der Waals surface area contributed by atoms with Crippen molar-refractivity contribution >= 4 is 22.7 Å². The van der Waals surface area contributed by atoms with Gasteiger partial charge in [-0.3, -0.25) is 9.89 Å². The summed E-state index contributed by atoms with van der Waals surface area (Å²) in [5.41, 5.74) is 1.77. The zero-order chi connectivity index (χ0) is 21.7. The van der Waals surface area contributed by atoms with Crippen molar-refractivity contribution in [3.63, 3.8) is 0 Å². The fraction of sp³-hybridized carbons (Fsp3) is 0.0909. The summed E-state index contributed by atoms with van der Waals surface area (Å²) in [7, 11) is 1.49. The van der Waals surface area contributed by atoms with Crippen LogP contribution in [0, 0.1) is 6.92 Å². The largest absolute Gasteiger partial charge is 0.494 e. The number of oxazole rings is 1. The number of nitrogens with one attached hydrogen (secondary N) is 1. The first-order chi connectivity index (χ1) is 15.0. The van der Waals surface area contributed by atoms with Gasteiger partial charge in [0.05, 0.1) is 7.11 Å². The third-order valence-corrected chi connectivity index (χ3v) is 5.04. The van der Waals surface area contributed by atoms with Crippen LogP contribution in [0.2, 0.25) is 0 Å². The normalized spacial score (nSPS) is 11.3. The highest BCUT2D eigenvalue weighted by Gasteiger charge is 2.27. The van der Waals surface area contributed by atoms with Gasteiger partial charge in [0.25, 0.3) is 5.56 Å². The second-order valence-corrected chi connectivity index (χ2v) is 6.91. The Morgan fingerprint density at radius 3 is 2.58 bits per heavy atom. The van der Waals surface area contributed by atoms with Gasteiger partial charge < -0.3 is 14.3 Å². The van der Waals surface area contributed by atoms with Crippen LogP contribution in [0.25, 0.3) is 39.3 Å². The van der Waals surface area contributed by atoms with Crippen LogP contribution in [-0.2, 0) is 0 Å².